The van der Waals surface area contributed by atoms with Crippen molar-refractivity contribution in [1.29, 1.82) is 0 Å². The van der Waals surface area contributed by atoms with Gasteiger partial charge in [-0.25, -0.2) is 0 Å². The SMILES string of the molecule is COc1cc(O)c(Cc2c(C=O)c(O)c(O)c(C)c2-c2ccco2)c(OC)c1. The summed E-state index contributed by atoms with van der Waals surface area (Å²) in [6.07, 6.45) is 1.97. The van der Waals surface area contributed by atoms with Gasteiger partial charge >= 0.3 is 0 Å². The first-order valence-electron chi connectivity index (χ1n) is 8.43. The molecule has 0 saturated heterocycles. The number of hydrogen-bond donors (Lipinski definition) is 3. The van der Waals surface area contributed by atoms with Crippen molar-refractivity contribution in [3.05, 3.63) is 52.8 Å². The van der Waals surface area contributed by atoms with Crippen LogP contribution in [0.5, 0.6) is 28.7 Å². The van der Waals surface area contributed by atoms with Crippen LogP contribution in [0.3, 0.4) is 0 Å². The Bertz CT molecular complexity index is 1020. The Morgan fingerprint density at radius 1 is 1.07 bits per heavy atom. The standard InChI is InChI=1S/C21H20O7/c1-11-19(17-5-4-6-28-17)13(15(10-22)21(25)20(11)24)9-14-16(23)7-12(26-2)8-18(14)27-3/h4-8,10,23-25H,9H2,1-3H3. The Balaban J connectivity index is 2.30. The van der Waals surface area contributed by atoms with Gasteiger partial charge in [0.05, 0.1) is 26.0 Å². The lowest BCUT2D eigenvalue weighted by Gasteiger charge is -2.19. The lowest BCUT2D eigenvalue weighted by atomic mass is 9.89. The maximum absolute atomic E-state index is 11.7. The minimum Gasteiger partial charge on any atom is -0.507 e. The van der Waals surface area contributed by atoms with Gasteiger partial charge in [0.1, 0.15) is 23.0 Å². The highest BCUT2D eigenvalue weighted by molar-refractivity contribution is 5.90. The fourth-order valence-corrected chi connectivity index (χ4v) is 3.25. The van der Waals surface area contributed by atoms with E-state index in [2.05, 4.69) is 0 Å². The zero-order chi connectivity index (χ0) is 20.4. The first kappa shape index (κ1) is 19.2. The largest absolute Gasteiger partial charge is 0.507 e. The van der Waals surface area contributed by atoms with Crippen LogP contribution >= 0.6 is 0 Å². The van der Waals surface area contributed by atoms with Crippen LogP contribution in [0, 0.1) is 6.92 Å². The Kier molecular flexibility index (Phi) is 5.17. The van der Waals surface area contributed by atoms with Crippen molar-refractivity contribution in [2.45, 2.75) is 13.3 Å². The summed E-state index contributed by atoms with van der Waals surface area (Å²) in [6.45, 7) is 1.61. The molecule has 28 heavy (non-hydrogen) atoms. The summed E-state index contributed by atoms with van der Waals surface area (Å²) in [5, 5.41) is 31.1. The molecular formula is C21H20O7. The van der Waals surface area contributed by atoms with E-state index in [1.807, 2.05) is 0 Å². The van der Waals surface area contributed by atoms with Gasteiger partial charge in [-0.2, -0.15) is 0 Å². The Morgan fingerprint density at radius 3 is 2.39 bits per heavy atom. The number of carbonyl (C=O) groups excluding carboxylic acids is 1. The number of methoxy groups -OCH3 is 2. The van der Waals surface area contributed by atoms with E-state index in [1.54, 1.807) is 25.1 Å². The highest BCUT2D eigenvalue weighted by Gasteiger charge is 2.25. The average Bonchev–Trinajstić information content (AvgIpc) is 3.22. The fraction of sp³-hybridized carbons (Fsp3) is 0.190. The molecule has 0 spiro atoms. The van der Waals surface area contributed by atoms with Crippen molar-refractivity contribution in [2.24, 2.45) is 0 Å². The van der Waals surface area contributed by atoms with E-state index in [1.165, 1.54) is 26.5 Å². The van der Waals surface area contributed by atoms with Crippen molar-refractivity contribution in [2.75, 3.05) is 14.2 Å². The number of benzene rings is 2. The van der Waals surface area contributed by atoms with Gasteiger partial charge < -0.3 is 29.2 Å². The second kappa shape index (κ2) is 7.56. The van der Waals surface area contributed by atoms with Crippen LogP contribution < -0.4 is 9.47 Å². The van der Waals surface area contributed by atoms with Crippen LogP contribution in [0.2, 0.25) is 0 Å². The molecule has 0 radical (unpaired) electrons. The molecule has 0 saturated carbocycles. The molecule has 7 heteroatoms. The molecule has 3 rings (SSSR count). The van der Waals surface area contributed by atoms with Gasteiger partial charge in [-0.1, -0.05) is 0 Å². The molecule has 0 aliphatic heterocycles. The highest BCUT2D eigenvalue weighted by Crippen LogP contribution is 2.45. The minimum absolute atomic E-state index is 0.0395. The molecule has 1 heterocycles. The number of hydrogen-bond acceptors (Lipinski definition) is 7. The number of phenolic OH excluding ortho intramolecular Hbond substituents is 3. The van der Waals surface area contributed by atoms with E-state index >= 15 is 0 Å². The topological polar surface area (TPSA) is 109 Å². The molecule has 3 N–H and O–H groups in total. The summed E-state index contributed by atoms with van der Waals surface area (Å²) in [5.74, 6) is 0.156. The van der Waals surface area contributed by atoms with Gasteiger partial charge in [0.15, 0.2) is 17.8 Å². The molecule has 0 aliphatic rings. The van der Waals surface area contributed by atoms with Crippen LogP contribution in [0.25, 0.3) is 11.3 Å². The third-order valence-corrected chi connectivity index (χ3v) is 4.69. The summed E-state index contributed by atoms with van der Waals surface area (Å²) >= 11 is 0. The minimum atomic E-state index is -0.523. The Morgan fingerprint density at radius 2 is 1.82 bits per heavy atom. The molecule has 146 valence electrons. The number of ether oxygens (including phenoxy) is 2. The first-order valence-corrected chi connectivity index (χ1v) is 8.43. The number of phenols is 3. The van der Waals surface area contributed by atoms with Crippen molar-refractivity contribution in [1.82, 2.24) is 0 Å². The van der Waals surface area contributed by atoms with Crippen LogP contribution in [-0.4, -0.2) is 35.8 Å². The zero-order valence-electron chi connectivity index (χ0n) is 15.6. The van der Waals surface area contributed by atoms with Crippen molar-refractivity contribution >= 4 is 6.29 Å². The zero-order valence-corrected chi connectivity index (χ0v) is 15.6. The highest BCUT2D eigenvalue weighted by atomic mass is 16.5. The number of furan rings is 1. The second-order valence-corrected chi connectivity index (χ2v) is 6.19. The van der Waals surface area contributed by atoms with Crippen molar-refractivity contribution in [3.63, 3.8) is 0 Å². The smallest absolute Gasteiger partial charge is 0.168 e. The molecule has 3 aromatic rings. The Hall–Kier alpha value is -3.61. The van der Waals surface area contributed by atoms with Crippen LogP contribution in [0.4, 0.5) is 0 Å². The molecule has 0 atom stereocenters. The van der Waals surface area contributed by atoms with Crippen molar-refractivity contribution < 1.29 is 34.0 Å². The molecule has 2 aromatic carbocycles. The monoisotopic (exact) mass is 384 g/mol. The lowest BCUT2D eigenvalue weighted by Crippen LogP contribution is -2.03. The molecule has 0 bridgehead atoms. The first-order chi connectivity index (χ1) is 13.4. The van der Waals surface area contributed by atoms with E-state index < -0.39 is 11.5 Å². The molecule has 1 aromatic heterocycles. The van der Waals surface area contributed by atoms with Gasteiger partial charge in [-0.3, -0.25) is 4.79 Å². The van der Waals surface area contributed by atoms with Gasteiger partial charge in [-0.05, 0) is 24.6 Å². The van der Waals surface area contributed by atoms with Gasteiger partial charge in [0.25, 0.3) is 0 Å². The van der Waals surface area contributed by atoms with E-state index in [4.69, 9.17) is 13.9 Å². The third-order valence-electron chi connectivity index (χ3n) is 4.69. The molecule has 7 nitrogen and oxygen atoms in total. The summed E-state index contributed by atoms with van der Waals surface area (Å²) < 4.78 is 16.0. The predicted octanol–water partition coefficient (Wildman–Crippen LogP) is 3.79. The lowest BCUT2D eigenvalue weighted by molar-refractivity contribution is 0.111. The van der Waals surface area contributed by atoms with Crippen LogP contribution in [0.15, 0.2) is 34.9 Å². The quantitative estimate of drug-likeness (QED) is 0.438. The fourth-order valence-electron chi connectivity index (χ4n) is 3.25. The summed E-state index contributed by atoms with van der Waals surface area (Å²) in [5.41, 5.74) is 1.49. The average molecular weight is 384 g/mol. The van der Waals surface area contributed by atoms with Gasteiger partial charge in [0.2, 0.25) is 0 Å². The predicted molar refractivity (Wildman–Crippen MR) is 102 cm³/mol. The molecule has 0 unspecified atom stereocenters. The molecule has 0 amide bonds. The van der Waals surface area contributed by atoms with Crippen molar-refractivity contribution in [3.8, 4) is 40.1 Å². The van der Waals surface area contributed by atoms with Crippen LogP contribution in [-0.2, 0) is 6.42 Å². The molecule has 0 fully saturated rings. The summed E-state index contributed by atoms with van der Waals surface area (Å²) in [7, 11) is 2.92. The number of rotatable bonds is 6. The number of carbonyl (C=O) groups is 1. The summed E-state index contributed by atoms with van der Waals surface area (Å²) in [4.78, 5) is 11.7. The van der Waals surface area contributed by atoms with E-state index in [0.717, 1.165) is 0 Å². The van der Waals surface area contributed by atoms with E-state index in [0.29, 0.717) is 45.8 Å². The summed E-state index contributed by atoms with van der Waals surface area (Å²) in [6, 6.07) is 6.39. The third kappa shape index (κ3) is 3.11. The van der Waals surface area contributed by atoms with Gasteiger partial charge in [-0.15, -0.1) is 0 Å². The van der Waals surface area contributed by atoms with E-state index in [9.17, 15) is 20.1 Å². The maximum atomic E-state index is 11.7. The number of aldehydes is 1. The van der Waals surface area contributed by atoms with E-state index in [-0.39, 0.29) is 17.7 Å². The normalized spacial score (nSPS) is 10.7. The molecule has 0 aliphatic carbocycles. The second-order valence-electron chi connectivity index (χ2n) is 6.19. The number of aromatic hydroxyl groups is 3. The Labute approximate surface area is 161 Å². The van der Waals surface area contributed by atoms with Crippen LogP contribution in [0.1, 0.15) is 27.0 Å². The molecular weight excluding hydrogens is 364 g/mol. The van der Waals surface area contributed by atoms with Gasteiger partial charge in [0, 0.05) is 35.2 Å². The maximum Gasteiger partial charge on any atom is 0.168 e.